The zero-order chi connectivity index (χ0) is 17.4. The van der Waals surface area contributed by atoms with Crippen LogP contribution in [-0.2, 0) is 14.2 Å². The van der Waals surface area contributed by atoms with Crippen LogP contribution in [-0.4, -0.2) is 58.0 Å². The number of anilines is 2. The number of likely N-dealkylation sites (N-methyl/N-ethyl adjacent to an activating group) is 1. The first kappa shape index (κ1) is 16.6. The second-order valence-electron chi connectivity index (χ2n) is 6.50. The Morgan fingerprint density at radius 2 is 1.96 bits per heavy atom. The molecule has 7 nitrogen and oxygen atoms in total. The number of carbonyl (C=O) groups is 1. The lowest BCUT2D eigenvalue weighted by Crippen LogP contribution is -2.45. The van der Waals surface area contributed by atoms with Crippen LogP contribution < -0.4 is 15.1 Å². The molecule has 0 radical (unpaired) electrons. The zero-order valence-corrected chi connectivity index (χ0v) is 14.2. The van der Waals surface area contributed by atoms with Crippen LogP contribution in [0.2, 0.25) is 0 Å². The molecular weight excluding hydrogens is 329 g/mol. The number of benzene rings is 1. The fraction of sp³-hybridized carbons (Fsp3) is 0.588. The van der Waals surface area contributed by atoms with E-state index < -0.39 is 11.9 Å². The third-order valence-electron chi connectivity index (χ3n) is 5.06. The predicted octanol–water partition coefficient (Wildman–Crippen LogP) is 1.67. The molecular formula is C17H22FN3O4. The van der Waals surface area contributed by atoms with Crippen LogP contribution in [0.3, 0.4) is 0 Å². The monoisotopic (exact) mass is 351 g/mol. The van der Waals surface area contributed by atoms with Gasteiger partial charge < -0.3 is 19.1 Å². The molecule has 3 fully saturated rings. The maximum Gasteiger partial charge on any atom is 0.416 e. The molecule has 25 heavy (non-hydrogen) atoms. The van der Waals surface area contributed by atoms with Gasteiger partial charge in [0.05, 0.1) is 31.1 Å². The highest BCUT2D eigenvalue weighted by Crippen LogP contribution is 2.35. The minimum Gasteiger partial charge on any atom is -0.428 e. The molecule has 3 heterocycles. The summed E-state index contributed by atoms with van der Waals surface area (Å²) in [5.74, 6) is -0.823. The van der Waals surface area contributed by atoms with Gasteiger partial charge in [0.25, 0.3) is 0 Å². The number of amides is 1. The second-order valence-corrected chi connectivity index (χ2v) is 6.50. The van der Waals surface area contributed by atoms with Crippen LogP contribution >= 0.6 is 0 Å². The van der Waals surface area contributed by atoms with Crippen molar-refractivity contribution in [1.82, 2.24) is 5.32 Å². The van der Waals surface area contributed by atoms with Gasteiger partial charge in [-0.2, -0.15) is 0 Å². The molecule has 0 aliphatic carbocycles. The first-order chi connectivity index (χ1) is 12.1. The van der Waals surface area contributed by atoms with E-state index in [1.54, 1.807) is 19.2 Å². The number of hydrogen-bond donors (Lipinski definition) is 1. The highest BCUT2D eigenvalue weighted by molar-refractivity contribution is 5.90. The van der Waals surface area contributed by atoms with Crippen LogP contribution in [0.5, 0.6) is 0 Å². The summed E-state index contributed by atoms with van der Waals surface area (Å²) in [6, 6.07) is 4.87. The molecule has 8 heteroatoms. The Morgan fingerprint density at radius 1 is 1.24 bits per heavy atom. The van der Waals surface area contributed by atoms with Crippen molar-refractivity contribution in [1.29, 1.82) is 0 Å². The third-order valence-corrected chi connectivity index (χ3v) is 5.06. The van der Waals surface area contributed by atoms with Crippen LogP contribution in [0.15, 0.2) is 18.2 Å². The van der Waals surface area contributed by atoms with Gasteiger partial charge in [-0.1, -0.05) is 0 Å². The number of nitrogens with zero attached hydrogens (tertiary/aromatic N) is 2. The quantitative estimate of drug-likeness (QED) is 0.894. The molecule has 0 bridgehead atoms. The van der Waals surface area contributed by atoms with Crippen molar-refractivity contribution in [3.05, 3.63) is 24.0 Å². The van der Waals surface area contributed by atoms with E-state index in [4.69, 9.17) is 14.2 Å². The Labute approximate surface area is 145 Å². The molecule has 1 atom stereocenters. The number of nitrogens with one attached hydrogen (secondary N) is 1. The highest BCUT2D eigenvalue weighted by atomic mass is 19.1. The van der Waals surface area contributed by atoms with E-state index in [9.17, 15) is 9.18 Å². The topological polar surface area (TPSA) is 63.3 Å². The van der Waals surface area contributed by atoms with E-state index in [2.05, 4.69) is 5.32 Å². The van der Waals surface area contributed by atoms with Gasteiger partial charge in [-0.25, -0.2) is 9.18 Å². The lowest BCUT2D eigenvalue weighted by Gasteiger charge is -2.38. The van der Waals surface area contributed by atoms with Crippen LogP contribution in [0, 0.1) is 5.82 Å². The average Bonchev–Trinajstić information content (AvgIpc) is 3.23. The van der Waals surface area contributed by atoms with E-state index in [-0.39, 0.29) is 12.0 Å². The summed E-state index contributed by atoms with van der Waals surface area (Å²) in [5.41, 5.74) is 1.04. The molecule has 3 aliphatic rings. The van der Waals surface area contributed by atoms with Gasteiger partial charge in [-0.3, -0.25) is 10.2 Å². The standard InChI is InChI=1S/C17H22FN3O4/c1-19-15-11-21(16(22)25-15)12-2-3-14(13(18)10-12)20-6-4-17(5-7-20)23-8-9-24-17/h2-3,10,15,19H,4-9,11H2,1H3/t15-/m0/s1. The number of piperidine rings is 1. The van der Waals surface area contributed by atoms with Gasteiger partial charge >= 0.3 is 6.09 Å². The summed E-state index contributed by atoms with van der Waals surface area (Å²) in [6.07, 6.45) is 0.592. The molecule has 3 saturated heterocycles. The van der Waals surface area contributed by atoms with Gasteiger partial charge in [-0.15, -0.1) is 0 Å². The number of ether oxygens (including phenoxy) is 3. The molecule has 3 aliphatic heterocycles. The normalized spacial score (nSPS) is 25.7. The van der Waals surface area contributed by atoms with Gasteiger partial charge in [0.1, 0.15) is 5.82 Å². The van der Waals surface area contributed by atoms with Crippen molar-refractivity contribution in [2.75, 3.05) is 49.7 Å². The summed E-state index contributed by atoms with van der Waals surface area (Å²) in [5, 5.41) is 2.89. The summed E-state index contributed by atoms with van der Waals surface area (Å²) in [7, 11) is 1.71. The van der Waals surface area contributed by atoms with E-state index in [0.29, 0.717) is 44.2 Å². The van der Waals surface area contributed by atoms with Crippen LogP contribution in [0.1, 0.15) is 12.8 Å². The summed E-state index contributed by atoms with van der Waals surface area (Å²) >= 11 is 0. The smallest absolute Gasteiger partial charge is 0.416 e. The Balaban J connectivity index is 1.46. The lowest BCUT2D eigenvalue weighted by molar-refractivity contribution is -0.169. The van der Waals surface area contributed by atoms with Crippen molar-refractivity contribution >= 4 is 17.5 Å². The fourth-order valence-electron chi connectivity index (χ4n) is 3.62. The molecule has 4 rings (SSSR count). The molecule has 136 valence electrons. The third kappa shape index (κ3) is 3.05. The predicted molar refractivity (Wildman–Crippen MR) is 89.2 cm³/mol. The fourth-order valence-corrected chi connectivity index (χ4v) is 3.62. The van der Waals surface area contributed by atoms with Crippen molar-refractivity contribution in [2.24, 2.45) is 0 Å². The SMILES string of the molecule is CN[C@@H]1CN(c2ccc(N3CCC4(CC3)OCCO4)c(F)c2)C(=O)O1. The molecule has 1 spiro atoms. The van der Waals surface area contributed by atoms with Gasteiger partial charge in [0.15, 0.2) is 12.0 Å². The van der Waals surface area contributed by atoms with Crippen molar-refractivity contribution < 1.29 is 23.4 Å². The van der Waals surface area contributed by atoms with Crippen molar-refractivity contribution in [3.63, 3.8) is 0 Å². The molecule has 0 aromatic heterocycles. The van der Waals surface area contributed by atoms with Gasteiger partial charge in [0, 0.05) is 25.9 Å². The molecule has 0 unspecified atom stereocenters. The van der Waals surface area contributed by atoms with E-state index in [0.717, 1.165) is 12.8 Å². The highest BCUT2D eigenvalue weighted by Gasteiger charge is 2.40. The minimum atomic E-state index is -0.478. The number of hydrogen-bond acceptors (Lipinski definition) is 6. The molecule has 1 amide bonds. The van der Waals surface area contributed by atoms with E-state index >= 15 is 0 Å². The van der Waals surface area contributed by atoms with Crippen molar-refractivity contribution in [3.8, 4) is 0 Å². The second kappa shape index (κ2) is 6.44. The first-order valence-electron chi connectivity index (χ1n) is 8.58. The van der Waals surface area contributed by atoms with E-state index in [1.807, 2.05) is 4.90 Å². The number of rotatable bonds is 3. The molecule has 1 aromatic carbocycles. The zero-order valence-electron chi connectivity index (χ0n) is 14.2. The molecule has 0 saturated carbocycles. The summed E-state index contributed by atoms with van der Waals surface area (Å²) < 4.78 is 31.2. The van der Waals surface area contributed by atoms with Gasteiger partial charge in [-0.05, 0) is 25.2 Å². The molecule has 1 N–H and O–H groups in total. The average molecular weight is 351 g/mol. The number of carbonyl (C=O) groups excluding carboxylic acids is 1. The van der Waals surface area contributed by atoms with Crippen molar-refractivity contribution in [2.45, 2.75) is 24.9 Å². The maximum absolute atomic E-state index is 14.7. The van der Waals surface area contributed by atoms with E-state index in [1.165, 1.54) is 11.0 Å². The number of halogens is 1. The Hall–Kier alpha value is -1.90. The largest absolute Gasteiger partial charge is 0.428 e. The maximum atomic E-state index is 14.7. The Morgan fingerprint density at radius 3 is 2.56 bits per heavy atom. The first-order valence-corrected chi connectivity index (χ1v) is 8.58. The van der Waals surface area contributed by atoms with Gasteiger partial charge in [0.2, 0.25) is 0 Å². The lowest BCUT2D eigenvalue weighted by atomic mass is 10.0. The molecule has 1 aromatic rings. The summed E-state index contributed by atoms with van der Waals surface area (Å²) in [4.78, 5) is 15.3. The Kier molecular flexibility index (Phi) is 4.26. The van der Waals surface area contributed by atoms with Crippen LogP contribution in [0.25, 0.3) is 0 Å². The van der Waals surface area contributed by atoms with Crippen LogP contribution in [0.4, 0.5) is 20.6 Å². The minimum absolute atomic E-state index is 0.345. The Bertz CT molecular complexity index is 655. The number of cyclic esters (lactones) is 1. The summed E-state index contributed by atoms with van der Waals surface area (Å²) in [6.45, 7) is 2.95.